The maximum Gasteiger partial charge on any atom is 0.211 e. The van der Waals surface area contributed by atoms with Crippen LogP contribution in [0, 0.1) is 0 Å². The molecule has 0 unspecified atom stereocenters. The van der Waals surface area contributed by atoms with Gasteiger partial charge in [-0.1, -0.05) is 13.0 Å². The normalized spacial score (nSPS) is 14.6. The molecule has 0 bridgehead atoms. The van der Waals surface area contributed by atoms with Crippen molar-refractivity contribution in [1.82, 2.24) is 9.29 Å². The lowest BCUT2D eigenvalue weighted by Crippen LogP contribution is -2.31. The van der Waals surface area contributed by atoms with Crippen LogP contribution in [0.25, 0.3) is 0 Å². The molecule has 0 atom stereocenters. The minimum atomic E-state index is -3.08. The first kappa shape index (κ1) is 15.3. The molecule has 5 nitrogen and oxygen atoms in total. The number of nitrogens with one attached hydrogen (secondary N) is 1. The van der Waals surface area contributed by atoms with Crippen LogP contribution in [-0.4, -0.2) is 43.6 Å². The Balaban J connectivity index is 1.79. The molecule has 20 heavy (non-hydrogen) atoms. The van der Waals surface area contributed by atoms with E-state index in [9.17, 15) is 8.42 Å². The smallest absolute Gasteiger partial charge is 0.211 e. The summed E-state index contributed by atoms with van der Waals surface area (Å²) in [4.78, 5) is 4.60. The molecule has 1 aliphatic carbocycles. The van der Waals surface area contributed by atoms with Gasteiger partial charge in [0, 0.05) is 25.3 Å². The molecular weight excluding hydrogens is 274 g/mol. The lowest BCUT2D eigenvalue weighted by molar-refractivity contribution is 0.428. The number of rotatable bonds is 7. The summed E-state index contributed by atoms with van der Waals surface area (Å²) < 4.78 is 24.4. The fraction of sp³-hybridized carbons (Fsp3) is 0.643. The van der Waals surface area contributed by atoms with E-state index in [-0.39, 0.29) is 0 Å². The average molecular weight is 297 g/mol. The second-order valence-electron chi connectivity index (χ2n) is 5.19. The van der Waals surface area contributed by atoms with Gasteiger partial charge in [0.2, 0.25) is 10.0 Å². The third-order valence-corrected chi connectivity index (χ3v) is 5.02. The molecule has 2 rings (SSSR count). The molecule has 0 saturated heterocycles. The Morgan fingerprint density at radius 2 is 2.15 bits per heavy atom. The summed E-state index contributed by atoms with van der Waals surface area (Å²) >= 11 is 0. The van der Waals surface area contributed by atoms with E-state index in [2.05, 4.69) is 16.4 Å². The summed E-state index contributed by atoms with van der Waals surface area (Å²) in [5, 5.41) is 3.27. The molecule has 0 spiro atoms. The highest BCUT2D eigenvalue weighted by Gasteiger charge is 2.14. The van der Waals surface area contributed by atoms with Crippen molar-refractivity contribution in [3.63, 3.8) is 0 Å². The number of pyridine rings is 1. The van der Waals surface area contributed by atoms with Crippen LogP contribution >= 0.6 is 0 Å². The minimum Gasteiger partial charge on any atom is -0.370 e. The van der Waals surface area contributed by atoms with Crippen molar-refractivity contribution in [2.75, 3.05) is 31.2 Å². The van der Waals surface area contributed by atoms with E-state index >= 15 is 0 Å². The Labute approximate surface area is 121 Å². The quantitative estimate of drug-likeness (QED) is 0.777. The largest absolute Gasteiger partial charge is 0.370 e. The fourth-order valence-corrected chi connectivity index (χ4v) is 3.48. The van der Waals surface area contributed by atoms with Crippen molar-refractivity contribution in [1.29, 1.82) is 0 Å². The van der Waals surface area contributed by atoms with E-state index < -0.39 is 10.0 Å². The van der Waals surface area contributed by atoms with Gasteiger partial charge >= 0.3 is 0 Å². The topological polar surface area (TPSA) is 62.3 Å². The van der Waals surface area contributed by atoms with E-state index in [0.717, 1.165) is 31.6 Å². The third kappa shape index (κ3) is 3.93. The van der Waals surface area contributed by atoms with E-state index in [1.807, 2.05) is 13.0 Å². The highest BCUT2D eigenvalue weighted by Crippen LogP contribution is 2.21. The summed E-state index contributed by atoms with van der Waals surface area (Å²) in [6.45, 7) is 3.66. The molecule has 1 aromatic heterocycles. The summed E-state index contributed by atoms with van der Waals surface area (Å²) in [5.41, 5.74) is 2.58. The number of nitrogens with zero attached hydrogens (tertiary/aromatic N) is 2. The first-order valence-corrected chi connectivity index (χ1v) is 9.03. The SMILES string of the molecule is CCN(CCCNc1ccc2c(n1)CCC2)S(C)(=O)=O. The number of hydrogen-bond acceptors (Lipinski definition) is 4. The summed E-state index contributed by atoms with van der Waals surface area (Å²) in [5.74, 6) is 0.896. The third-order valence-electron chi connectivity index (χ3n) is 3.64. The highest BCUT2D eigenvalue weighted by molar-refractivity contribution is 7.88. The van der Waals surface area contributed by atoms with E-state index in [1.165, 1.54) is 28.2 Å². The van der Waals surface area contributed by atoms with Crippen LogP contribution < -0.4 is 5.32 Å². The zero-order valence-electron chi connectivity index (χ0n) is 12.2. The van der Waals surface area contributed by atoms with Crippen molar-refractivity contribution in [2.45, 2.75) is 32.6 Å². The Bertz CT molecular complexity index is 558. The fourth-order valence-electron chi connectivity index (χ4n) is 2.55. The lowest BCUT2D eigenvalue weighted by atomic mass is 10.2. The van der Waals surface area contributed by atoms with Gasteiger partial charge in [-0.25, -0.2) is 17.7 Å². The Hall–Kier alpha value is -1.14. The van der Waals surface area contributed by atoms with Crippen LogP contribution in [0.4, 0.5) is 5.82 Å². The molecule has 0 saturated carbocycles. The van der Waals surface area contributed by atoms with Gasteiger partial charge in [-0.3, -0.25) is 0 Å². The van der Waals surface area contributed by atoms with Gasteiger partial charge in [-0.05, 0) is 37.3 Å². The summed E-state index contributed by atoms with van der Waals surface area (Å²) in [6, 6.07) is 4.16. The van der Waals surface area contributed by atoms with Gasteiger partial charge in [0.1, 0.15) is 5.82 Å². The number of aryl methyl sites for hydroxylation is 2. The molecule has 0 aromatic carbocycles. The van der Waals surface area contributed by atoms with Gasteiger partial charge in [-0.15, -0.1) is 0 Å². The molecular formula is C14H23N3O2S. The molecule has 112 valence electrons. The molecule has 1 heterocycles. The van der Waals surface area contributed by atoms with Gasteiger partial charge in [0.15, 0.2) is 0 Å². The van der Waals surface area contributed by atoms with Gasteiger partial charge < -0.3 is 5.32 Å². The Kier molecular flexibility index (Phi) is 4.99. The lowest BCUT2D eigenvalue weighted by Gasteiger charge is -2.17. The Morgan fingerprint density at radius 1 is 1.35 bits per heavy atom. The van der Waals surface area contributed by atoms with Gasteiger partial charge in [0.25, 0.3) is 0 Å². The first-order chi connectivity index (χ1) is 9.50. The molecule has 1 aliphatic rings. The van der Waals surface area contributed by atoms with Crippen molar-refractivity contribution in [2.24, 2.45) is 0 Å². The summed E-state index contributed by atoms with van der Waals surface area (Å²) in [6.07, 6.45) is 5.45. The van der Waals surface area contributed by atoms with Gasteiger partial charge in [-0.2, -0.15) is 0 Å². The highest BCUT2D eigenvalue weighted by atomic mass is 32.2. The van der Waals surface area contributed by atoms with Crippen LogP contribution in [-0.2, 0) is 22.9 Å². The molecule has 0 radical (unpaired) electrons. The average Bonchev–Trinajstić information content (AvgIpc) is 2.84. The van der Waals surface area contributed by atoms with Crippen LogP contribution in [0.5, 0.6) is 0 Å². The standard InChI is InChI=1S/C14H23N3O2S/c1-3-17(20(2,18)19)11-5-10-15-14-9-8-12-6-4-7-13(12)16-14/h8-9H,3-7,10-11H2,1-2H3,(H,15,16). The molecule has 1 N–H and O–H groups in total. The summed E-state index contributed by atoms with van der Waals surface area (Å²) in [7, 11) is -3.08. The predicted octanol–water partition coefficient (Wildman–Crippen LogP) is 1.65. The number of hydrogen-bond donors (Lipinski definition) is 1. The minimum absolute atomic E-state index is 0.524. The van der Waals surface area contributed by atoms with Crippen molar-refractivity contribution in [3.8, 4) is 0 Å². The van der Waals surface area contributed by atoms with Gasteiger partial charge in [0.05, 0.1) is 6.26 Å². The molecule has 6 heteroatoms. The molecule has 1 aromatic rings. The van der Waals surface area contributed by atoms with Crippen molar-refractivity contribution in [3.05, 3.63) is 23.4 Å². The number of sulfonamides is 1. The van der Waals surface area contributed by atoms with E-state index in [4.69, 9.17) is 0 Å². The maximum atomic E-state index is 11.4. The number of fused-ring (bicyclic) bond motifs is 1. The van der Waals surface area contributed by atoms with Crippen molar-refractivity contribution < 1.29 is 8.42 Å². The molecule has 0 amide bonds. The monoisotopic (exact) mass is 297 g/mol. The van der Waals surface area contributed by atoms with Crippen LogP contribution in [0.2, 0.25) is 0 Å². The second kappa shape index (κ2) is 6.54. The van der Waals surface area contributed by atoms with E-state index in [1.54, 1.807) is 0 Å². The van der Waals surface area contributed by atoms with Crippen molar-refractivity contribution >= 4 is 15.8 Å². The van der Waals surface area contributed by atoms with Crippen LogP contribution in [0.1, 0.15) is 31.0 Å². The van der Waals surface area contributed by atoms with Crippen LogP contribution in [0.3, 0.4) is 0 Å². The first-order valence-electron chi connectivity index (χ1n) is 7.18. The molecule has 0 aliphatic heterocycles. The predicted molar refractivity (Wildman–Crippen MR) is 81.5 cm³/mol. The zero-order valence-corrected chi connectivity index (χ0v) is 13.0. The van der Waals surface area contributed by atoms with E-state index in [0.29, 0.717) is 13.1 Å². The molecule has 0 fully saturated rings. The zero-order chi connectivity index (χ0) is 14.6. The van der Waals surface area contributed by atoms with Crippen LogP contribution in [0.15, 0.2) is 12.1 Å². The Morgan fingerprint density at radius 3 is 2.85 bits per heavy atom. The maximum absolute atomic E-state index is 11.4. The second-order valence-corrected chi connectivity index (χ2v) is 7.17. The number of aromatic nitrogens is 1. The number of anilines is 1.